The zero-order chi connectivity index (χ0) is 18.6. The number of carbonyl (C=O) groups is 1. The fourth-order valence-electron chi connectivity index (χ4n) is 2.60. The highest BCUT2D eigenvalue weighted by molar-refractivity contribution is 5.99. The molecule has 132 valence electrons. The van der Waals surface area contributed by atoms with Crippen LogP contribution in [0.3, 0.4) is 0 Å². The molecule has 3 aromatic heterocycles. The summed E-state index contributed by atoms with van der Waals surface area (Å²) in [5.74, 6) is -1.98. The van der Waals surface area contributed by atoms with Crippen LogP contribution in [0.1, 0.15) is 16.1 Å². The van der Waals surface area contributed by atoms with Gasteiger partial charge in [-0.1, -0.05) is 17.3 Å². The first-order chi connectivity index (χ1) is 12.3. The van der Waals surface area contributed by atoms with Crippen LogP contribution in [0.4, 0.5) is 19.0 Å². The molecule has 3 heterocycles. The quantitative estimate of drug-likeness (QED) is 0.556. The maximum Gasteiger partial charge on any atom is 0.435 e. The van der Waals surface area contributed by atoms with Gasteiger partial charge in [0.25, 0.3) is 0 Å². The molecule has 0 saturated heterocycles. The molecule has 0 radical (unpaired) electrons. The number of nitrogens with zero attached hydrogens (tertiary/aromatic N) is 6. The van der Waals surface area contributed by atoms with Crippen LogP contribution in [0.5, 0.6) is 0 Å². The van der Waals surface area contributed by atoms with Crippen molar-refractivity contribution in [3.63, 3.8) is 0 Å². The normalized spacial score (nSPS) is 12.1. The van der Waals surface area contributed by atoms with Crippen molar-refractivity contribution >= 4 is 28.5 Å². The van der Waals surface area contributed by atoms with Gasteiger partial charge < -0.3 is 10.8 Å². The molecule has 0 aliphatic heterocycles. The lowest BCUT2D eigenvalue weighted by Gasteiger charge is -2.12. The first-order valence-electron chi connectivity index (χ1n) is 7.07. The van der Waals surface area contributed by atoms with Crippen LogP contribution < -0.4 is 5.73 Å². The third kappa shape index (κ3) is 2.22. The largest absolute Gasteiger partial charge is 0.477 e. The summed E-state index contributed by atoms with van der Waals surface area (Å²) in [5, 5.41) is 20.5. The highest BCUT2D eigenvalue weighted by Gasteiger charge is 2.38. The third-order valence-electron chi connectivity index (χ3n) is 3.68. The summed E-state index contributed by atoms with van der Waals surface area (Å²) in [5.41, 5.74) is 3.29. The van der Waals surface area contributed by atoms with E-state index in [2.05, 4.69) is 20.4 Å². The number of aromatic carboxylic acids is 1. The Morgan fingerprint density at radius 1 is 1.23 bits per heavy atom. The van der Waals surface area contributed by atoms with Crippen molar-refractivity contribution in [1.82, 2.24) is 29.6 Å². The smallest absolute Gasteiger partial charge is 0.435 e. The molecule has 1 aromatic carbocycles. The number of alkyl halides is 3. The van der Waals surface area contributed by atoms with Gasteiger partial charge in [0.2, 0.25) is 0 Å². The average Bonchev–Trinajstić information content (AvgIpc) is 3.12. The zero-order valence-electron chi connectivity index (χ0n) is 12.6. The second-order valence-corrected chi connectivity index (χ2v) is 5.30. The van der Waals surface area contributed by atoms with E-state index in [1.165, 1.54) is 0 Å². The van der Waals surface area contributed by atoms with E-state index in [0.717, 1.165) is 15.4 Å². The molecule has 0 atom stereocenters. The molecule has 0 saturated carbocycles. The summed E-state index contributed by atoms with van der Waals surface area (Å²) in [6.07, 6.45) is -3.91. The number of carboxylic acid groups (broad SMARTS) is 1. The van der Waals surface area contributed by atoms with Crippen LogP contribution in [0, 0.1) is 0 Å². The van der Waals surface area contributed by atoms with E-state index in [1.807, 2.05) is 0 Å². The number of hydrogen-bond donors (Lipinski definition) is 2. The Morgan fingerprint density at radius 2 is 1.96 bits per heavy atom. The Balaban J connectivity index is 2.10. The van der Waals surface area contributed by atoms with Crippen LogP contribution >= 0.6 is 0 Å². The minimum Gasteiger partial charge on any atom is -0.477 e. The van der Waals surface area contributed by atoms with Crippen molar-refractivity contribution in [1.29, 1.82) is 0 Å². The van der Waals surface area contributed by atoms with Gasteiger partial charge in [0.05, 0.1) is 11.7 Å². The zero-order valence-corrected chi connectivity index (χ0v) is 12.6. The fourth-order valence-corrected chi connectivity index (χ4v) is 2.60. The topological polar surface area (TPSA) is 124 Å². The minimum atomic E-state index is -4.88. The number of carboxylic acids is 1. The van der Waals surface area contributed by atoms with Gasteiger partial charge in [-0.05, 0) is 12.1 Å². The Hall–Kier alpha value is -3.70. The van der Waals surface area contributed by atoms with E-state index in [4.69, 9.17) is 10.8 Å². The van der Waals surface area contributed by atoms with Crippen molar-refractivity contribution in [2.45, 2.75) is 6.18 Å². The summed E-state index contributed by atoms with van der Waals surface area (Å²) in [6, 6.07) is 6.42. The van der Waals surface area contributed by atoms with Crippen LogP contribution in [0.25, 0.3) is 22.4 Å². The molecule has 9 nitrogen and oxygen atoms in total. The van der Waals surface area contributed by atoms with E-state index < -0.39 is 40.6 Å². The van der Waals surface area contributed by atoms with Gasteiger partial charge in [-0.25, -0.2) is 19.0 Å². The van der Waals surface area contributed by atoms with E-state index >= 15 is 0 Å². The number of aromatic nitrogens is 6. The molecule has 4 rings (SSSR count). The Labute approximate surface area is 141 Å². The number of halogens is 3. The molecule has 12 heteroatoms. The highest BCUT2D eigenvalue weighted by Crippen LogP contribution is 2.34. The van der Waals surface area contributed by atoms with Crippen molar-refractivity contribution in [2.75, 3.05) is 5.73 Å². The number of benzene rings is 1. The summed E-state index contributed by atoms with van der Waals surface area (Å²) in [7, 11) is 0. The number of rotatable bonds is 2. The average molecular weight is 363 g/mol. The molecule has 0 unspecified atom stereocenters. The molecule has 0 fully saturated rings. The second-order valence-electron chi connectivity index (χ2n) is 5.30. The van der Waals surface area contributed by atoms with Gasteiger partial charge in [-0.3, -0.25) is 0 Å². The highest BCUT2D eigenvalue weighted by atomic mass is 19.4. The molecule has 0 bridgehead atoms. The van der Waals surface area contributed by atoms with Gasteiger partial charge in [-0.2, -0.15) is 13.2 Å². The number of hydrogen-bond acceptors (Lipinski definition) is 6. The van der Waals surface area contributed by atoms with Crippen molar-refractivity contribution < 1.29 is 23.1 Å². The van der Waals surface area contributed by atoms with Crippen LogP contribution in [-0.4, -0.2) is 40.7 Å². The van der Waals surface area contributed by atoms with Gasteiger partial charge in [0.15, 0.2) is 17.2 Å². The molecule has 0 amide bonds. The molecule has 0 aliphatic carbocycles. The van der Waals surface area contributed by atoms with Gasteiger partial charge >= 0.3 is 12.1 Å². The van der Waals surface area contributed by atoms with Crippen molar-refractivity contribution in [3.8, 4) is 5.69 Å². The monoisotopic (exact) mass is 363 g/mol. The van der Waals surface area contributed by atoms with Gasteiger partial charge in [-0.15, -0.1) is 10.2 Å². The second kappa shape index (κ2) is 5.15. The predicted octanol–water partition coefficient (Wildman–Crippen LogP) is 1.76. The maximum absolute atomic E-state index is 13.6. The third-order valence-corrected chi connectivity index (χ3v) is 3.68. The van der Waals surface area contributed by atoms with E-state index in [0.29, 0.717) is 11.0 Å². The lowest BCUT2D eigenvalue weighted by atomic mass is 10.2. The van der Waals surface area contributed by atoms with Crippen molar-refractivity contribution in [2.24, 2.45) is 0 Å². The lowest BCUT2D eigenvalue weighted by Crippen LogP contribution is -2.16. The molecule has 4 aromatic rings. The van der Waals surface area contributed by atoms with Gasteiger partial charge in [0, 0.05) is 0 Å². The number of anilines is 1. The molecule has 0 spiro atoms. The Kier molecular flexibility index (Phi) is 3.13. The van der Waals surface area contributed by atoms with Gasteiger partial charge in [0.1, 0.15) is 16.8 Å². The first kappa shape index (κ1) is 15.8. The molecule has 0 aliphatic rings. The summed E-state index contributed by atoms with van der Waals surface area (Å²) in [6.45, 7) is 0. The van der Waals surface area contributed by atoms with E-state index in [-0.39, 0.29) is 0 Å². The SMILES string of the molecule is Nc1nn2cc(-n3nnc4ccccc43)c(C(F)(F)F)nc2c1C(=O)O. The summed E-state index contributed by atoms with van der Waals surface area (Å²) < 4.78 is 42.6. The number of para-hydroxylation sites is 1. The molecular formula is C14H8F3N7O2. The molecule has 26 heavy (non-hydrogen) atoms. The van der Waals surface area contributed by atoms with Crippen LogP contribution in [0.2, 0.25) is 0 Å². The maximum atomic E-state index is 13.6. The standard InChI is InChI=1S/C14H8F3N7O2/c15-14(16,17)10-8(24-7-4-2-1-3-6(7)20-22-24)5-23-12(19-10)9(13(25)26)11(18)21-23/h1-5H,(H2,18,21)(H,25,26). The lowest BCUT2D eigenvalue weighted by molar-refractivity contribution is -0.141. The summed E-state index contributed by atoms with van der Waals surface area (Å²) in [4.78, 5) is 14.7. The van der Waals surface area contributed by atoms with Crippen LogP contribution in [0.15, 0.2) is 30.5 Å². The Bertz CT molecular complexity index is 1180. The van der Waals surface area contributed by atoms with Crippen LogP contribution in [-0.2, 0) is 6.18 Å². The van der Waals surface area contributed by atoms with E-state index in [1.54, 1.807) is 24.3 Å². The van der Waals surface area contributed by atoms with E-state index in [9.17, 15) is 18.0 Å². The number of nitrogen functional groups attached to an aromatic ring is 1. The predicted molar refractivity (Wildman–Crippen MR) is 81.8 cm³/mol. The Morgan fingerprint density at radius 3 is 2.65 bits per heavy atom. The minimum absolute atomic E-state index is 0.317. The number of nitrogens with two attached hydrogens (primary N) is 1. The summed E-state index contributed by atoms with van der Waals surface area (Å²) >= 11 is 0. The number of fused-ring (bicyclic) bond motifs is 2. The molecule has 3 N–H and O–H groups in total. The first-order valence-corrected chi connectivity index (χ1v) is 7.07. The fraction of sp³-hybridized carbons (Fsp3) is 0.0714. The van der Waals surface area contributed by atoms with Crippen molar-refractivity contribution in [3.05, 3.63) is 41.7 Å². The molecular weight excluding hydrogens is 355 g/mol.